The van der Waals surface area contributed by atoms with E-state index in [-0.39, 0.29) is 120 Å². The number of nitrogens with zero attached hydrogens (tertiary/aromatic N) is 12. The molecule has 0 radical (unpaired) electrons. The lowest BCUT2D eigenvalue weighted by molar-refractivity contribution is -0.138. The zero-order valence-corrected chi connectivity index (χ0v) is 79.1. The smallest absolute Gasteiger partial charge is 0.336 e. The van der Waals surface area contributed by atoms with Crippen LogP contribution in [0.1, 0.15) is 245 Å². The molecule has 0 N–H and O–H groups in total. The molecule has 0 saturated carbocycles. The van der Waals surface area contributed by atoms with Crippen LogP contribution in [0.4, 0.5) is 52.7 Å². The van der Waals surface area contributed by atoms with Crippen molar-refractivity contribution < 1.29 is 148 Å². The van der Waals surface area contributed by atoms with Crippen LogP contribution in [0.15, 0.2) is 242 Å². The number of alkyl halides is 9. The zero-order valence-electron chi connectivity index (χ0n) is 136. The zero-order chi connectivity index (χ0) is 156. The van der Waals surface area contributed by atoms with Crippen LogP contribution in [0.3, 0.4) is 0 Å². The molecule has 0 bridgehead atoms. The molecule has 15 rings (SSSR count). The predicted octanol–water partition coefficient (Wildman–Crippen LogP) is 22.8. The summed E-state index contributed by atoms with van der Waals surface area (Å²) in [7, 11) is 0. The Morgan fingerprint density at radius 3 is 1.22 bits per heavy atom. The summed E-state index contributed by atoms with van der Waals surface area (Å²) < 4.78 is 682. The largest absolute Gasteiger partial charge is 0.416 e. The maximum Gasteiger partial charge on any atom is 0.416 e. The first-order valence-electron chi connectivity index (χ1n) is 71.9. The number of hydrogen-bond donors (Lipinski definition) is 0. The van der Waals surface area contributed by atoms with Gasteiger partial charge in [-0.2, -0.15) is 54.5 Å². The summed E-state index contributed by atoms with van der Waals surface area (Å²) in [4.78, 5) is 95.0. The second-order valence-electron chi connectivity index (χ2n) is 30.0. The molecule has 762 valence electrons. The van der Waals surface area contributed by atoms with Crippen molar-refractivity contribution in [2.45, 2.75) is 203 Å². The highest BCUT2D eigenvalue weighted by atomic mass is 32.2. The van der Waals surface area contributed by atoms with Gasteiger partial charge in [0.25, 0.3) is 16.7 Å². The fourth-order valence-corrected chi connectivity index (χ4v) is 15.8. The van der Waals surface area contributed by atoms with Gasteiger partial charge in [0, 0.05) is 143 Å². The Hall–Kier alpha value is -11.9. The first kappa shape index (κ1) is 55.1. The minimum absolute atomic E-state index is 0.00367. The van der Waals surface area contributed by atoms with Crippen LogP contribution in [0.2, 0.25) is 0 Å². The van der Waals surface area contributed by atoms with Crippen molar-refractivity contribution in [3.63, 3.8) is 0 Å². The molecular formula is C111H120F12N12O6S3. The van der Waals surface area contributed by atoms with E-state index in [2.05, 4.69) is 15.0 Å². The van der Waals surface area contributed by atoms with Crippen LogP contribution >= 0.6 is 35.3 Å². The lowest BCUT2D eigenvalue weighted by atomic mass is 9.98. The van der Waals surface area contributed by atoms with Gasteiger partial charge in [-0.05, 0) is 249 Å². The van der Waals surface area contributed by atoms with Crippen molar-refractivity contribution in [2.24, 2.45) is 5.89 Å². The molecule has 0 saturated heterocycles. The fraction of sp³-hybridized carbons (Fsp3) is 0.378. The topological polar surface area (TPSA) is 175 Å². The molecule has 3 aliphatic rings. The van der Waals surface area contributed by atoms with Gasteiger partial charge in [-0.1, -0.05) is 229 Å². The normalized spacial score (nSPS) is 22.7. The molecule has 18 nitrogen and oxygen atoms in total. The average Bonchev–Trinajstić information content (AvgIpc) is 1.49. The Morgan fingerprint density at radius 1 is 0.424 bits per heavy atom. The molecular weight excluding hydrogens is 1920 g/mol. The number of halogens is 12. The van der Waals surface area contributed by atoms with Crippen LogP contribution in [0.25, 0.3) is 33.4 Å². The summed E-state index contributed by atoms with van der Waals surface area (Å²) in [6.07, 6.45) is -21.4. The molecule has 3 aromatic heterocycles. The molecule has 3 aliphatic carbocycles. The molecule has 144 heavy (non-hydrogen) atoms. The fourth-order valence-electron chi connectivity index (χ4n) is 13.6. The standard InChI is InChI=1S/3C37H40F4N4O2S/c1-4-43(5-2)18-19-44(22-26-6-10-28(11-7-26)29-12-14-30(15-13-29)37(39,40)41)34(46)23-45-33-21-25(3)20-32(33)35(47)42-36(45)48-24-27-8-16-31(38)17-9-27;1-4-43(5-2)21-22-44(25(3)27-11-13-28(14-12-27)29-15-17-30(18-16-29)37(39,40)41)34(46)23-45-33-8-6-7-32(33)35(47)42-36(45)48-24-26-9-19-31(38)20-10-26;1-4-43(5-2)19-20-44(22-26-9-13-28(14-10-26)29-15-18-32(25(3)21-29)37(39,40)41)34(46)23-45-33-8-6-7-31(33)35(47)42-36(45)48-24-27-11-16-30(38)17-12-27/h6-17,25H,4-5,18-24H2,1-3H3;9-20,25H,4-8,21-24H2,1-3H3;9-18,21H,4-8,19-20,22-24H2,1-3H3/i4D2,5D2,6D,7D,10D,11D,12D,13D,14D,15D,18D2,19D2,20D2,21D2,22D2,24D2,25D;4D2,5D2,9D,10D,19D,20D,21D2,22D2,24D2,25D;4D2,5D2,9D,10D,13D,14D,15D,18D,19D2,20D2,21D,22D2,24D2. The second-order valence-corrected chi connectivity index (χ2v) is 32.3. The lowest BCUT2D eigenvalue weighted by Crippen LogP contribution is -2.42. The minimum atomic E-state index is -5.51. The van der Waals surface area contributed by atoms with Gasteiger partial charge in [-0.3, -0.25) is 28.8 Å². The van der Waals surface area contributed by atoms with Crippen molar-refractivity contribution in [2.75, 3.05) is 78.0 Å². The summed E-state index contributed by atoms with van der Waals surface area (Å²) in [5.74, 6) is -11.8. The summed E-state index contributed by atoms with van der Waals surface area (Å²) in [5.41, 5.74) is -29.0. The second kappa shape index (κ2) is 50.3. The molecule has 0 fully saturated rings. The van der Waals surface area contributed by atoms with Crippen molar-refractivity contribution in [3.8, 4) is 33.4 Å². The maximum atomic E-state index is 15.3. The third-order valence-electron chi connectivity index (χ3n) is 20.6. The summed E-state index contributed by atoms with van der Waals surface area (Å²) in [5, 5.41) is -2.32. The summed E-state index contributed by atoms with van der Waals surface area (Å²) >= 11 is 0.111. The molecule has 2 atom stereocenters. The third kappa shape index (κ3) is 29.1. The van der Waals surface area contributed by atoms with Gasteiger partial charge in [-0.15, -0.1) is 0 Å². The van der Waals surface area contributed by atoms with Crippen LogP contribution in [0.5, 0.6) is 0 Å². The molecule has 33 heteroatoms. The number of thioether (sulfide) groups is 3. The highest BCUT2D eigenvalue weighted by molar-refractivity contribution is 7.98. The van der Waals surface area contributed by atoms with Gasteiger partial charge in [-0.25, -0.2) is 13.2 Å². The monoisotopic (exact) mass is 2100 g/mol. The number of carbonyl (C=O) groups is 3. The molecule has 3 amide bonds. The van der Waals surface area contributed by atoms with E-state index in [4.69, 9.17) is 65.8 Å². The number of amides is 3. The molecule has 12 aromatic rings. The van der Waals surface area contributed by atoms with E-state index in [0.717, 1.165) is 97.5 Å². The van der Waals surface area contributed by atoms with Crippen LogP contribution in [-0.2, 0) is 121 Å². The number of hydrogen-bond acceptors (Lipinski definition) is 15. The first-order valence-corrected chi connectivity index (χ1v) is 44.8. The quantitative estimate of drug-likeness (QED) is 0.0202. The predicted molar refractivity (Wildman–Crippen MR) is 544 cm³/mol. The SMILES string of the molecule is [2H]c1c([2H])c(C(F)(F)F)c([2H])c([2H])c1-c1c([2H])c([2H])c(C([2H])([2H])N(C(=O)Cn2c(SC([2H])([2H])c3ccc(F)cc3)nc(=O)c3c2C([2H])([2H])C([2H])(C)C3([2H])[2H])C([2H])([2H])C([2H])([2H])N(C([2H])([2H])C)C([2H])([2H])C)c([2H])c1[2H].[2H]c1c([2H])c(C([2H])([2H])N(C(=O)Cn2c(SC([2H])([2H])c3ccc(F)cc3)nc(=O)c3c2CCC3)C([2H])([2H])C([2H])([2H])N(C([2H])([2H])C)C([2H])([2H])C)c([2H])c([2H])c1-c1c([2H])c([2H])c(C(F)(F)F)c(C)c1[2H].[2H]c1c([2H])c(C([2H])([2H])Sc2nc(=O)c3c(n2CC(=O)N(C([2H])(C)c2ccc(-c4ccc(C(F)(F)F)cc4)cc2)C([2H])([2H])C([2H])([2H])N(C([2H])([2H])C)C([2H])([2H])C)CCC3)c([2H])c([2H])c1F. The van der Waals surface area contributed by atoms with Gasteiger partial charge in [0.15, 0.2) is 15.5 Å². The van der Waals surface area contributed by atoms with Crippen LogP contribution in [-0.4, -0.2) is 154 Å². The van der Waals surface area contributed by atoms with E-state index < -0.39 is 446 Å². The summed E-state index contributed by atoms with van der Waals surface area (Å²) in [6.45, 7) is -51.0. The van der Waals surface area contributed by atoms with E-state index in [1.165, 1.54) is 36.4 Å². The van der Waals surface area contributed by atoms with Gasteiger partial charge in [0.05, 0.1) is 63.8 Å². The number of carbonyl (C=O) groups excluding carboxylic acids is 3. The van der Waals surface area contributed by atoms with E-state index >= 15 is 9.59 Å². The molecule has 2 unspecified atom stereocenters. The van der Waals surface area contributed by atoms with Gasteiger partial charge in [0.1, 0.15) is 37.1 Å². The Bertz CT molecular complexity index is 9720. The molecule has 9 aromatic carbocycles. The minimum Gasteiger partial charge on any atom is -0.336 e. The van der Waals surface area contributed by atoms with Crippen molar-refractivity contribution in [1.82, 2.24) is 58.1 Å². The maximum absolute atomic E-state index is 15.3. The van der Waals surface area contributed by atoms with E-state index in [0.29, 0.717) is 52.2 Å². The number of likely N-dealkylation sites (N-methyl/N-ethyl adjacent to an activating group) is 3. The molecule has 0 spiro atoms. The van der Waals surface area contributed by atoms with Gasteiger partial charge < -0.3 is 43.1 Å². The van der Waals surface area contributed by atoms with Crippen LogP contribution < -0.4 is 16.7 Å². The van der Waals surface area contributed by atoms with Gasteiger partial charge >= 0.3 is 18.5 Å². The number of fused-ring (bicyclic) bond motifs is 3. The highest BCUT2D eigenvalue weighted by Crippen LogP contribution is 2.39. The Balaban J connectivity index is 0.000000245. The first-order chi connectivity index (χ1) is 91.3. The van der Waals surface area contributed by atoms with Crippen LogP contribution in [0, 0.1) is 30.3 Å². The van der Waals surface area contributed by atoms with Crippen molar-refractivity contribution in [3.05, 3.63) is 350 Å². The Kier molecular flexibility index (Phi) is 19.2. The van der Waals surface area contributed by atoms with E-state index in [1.54, 1.807) is 0 Å². The molecule has 0 aliphatic heterocycles. The Labute approximate surface area is 927 Å². The number of aromatic nitrogens is 6. The van der Waals surface area contributed by atoms with Gasteiger partial charge in [0.2, 0.25) is 17.7 Å². The van der Waals surface area contributed by atoms with Crippen molar-refractivity contribution in [1.29, 1.82) is 0 Å². The third-order valence-corrected chi connectivity index (χ3v) is 23.0. The average molecular weight is 2100 g/mol. The lowest BCUT2D eigenvalue weighted by Gasteiger charge is -2.33. The summed E-state index contributed by atoms with van der Waals surface area (Å²) in [6, 6.07) is -13.7. The van der Waals surface area contributed by atoms with E-state index in [1.807, 2.05) is 0 Å². The number of benzene rings is 9. The Morgan fingerprint density at radius 2 is 0.799 bits per heavy atom. The van der Waals surface area contributed by atoms with E-state index in [9.17, 15) is 86.9 Å². The number of rotatable bonds is 39. The van der Waals surface area contributed by atoms with Crippen molar-refractivity contribution >= 4 is 53.0 Å². The highest BCUT2D eigenvalue weighted by Gasteiger charge is 2.36. The molecule has 3 heterocycles.